The molecule has 0 aliphatic carbocycles. The lowest BCUT2D eigenvalue weighted by atomic mass is 10.1. The standard InChI is InChI=1S/C15H12N2O6/c1-10(11-5-3-2-4-6-11)23-15(18)12-7-13(16(19)20)9-14(8-12)17(21)22/h2-10H,1H3/t10-/m1/s1. The second kappa shape index (κ2) is 6.65. The smallest absolute Gasteiger partial charge is 0.339 e. The van der Waals surface area contributed by atoms with E-state index in [1.165, 1.54) is 0 Å². The molecule has 0 saturated heterocycles. The van der Waals surface area contributed by atoms with Crippen molar-refractivity contribution in [2.45, 2.75) is 13.0 Å². The van der Waals surface area contributed by atoms with Gasteiger partial charge in [-0.2, -0.15) is 0 Å². The summed E-state index contributed by atoms with van der Waals surface area (Å²) in [5.74, 6) is -0.867. The number of hydrogen-bond acceptors (Lipinski definition) is 6. The lowest BCUT2D eigenvalue weighted by molar-refractivity contribution is -0.394. The van der Waals surface area contributed by atoms with Crippen LogP contribution in [0.5, 0.6) is 0 Å². The van der Waals surface area contributed by atoms with Crippen LogP contribution in [-0.4, -0.2) is 15.8 Å². The molecule has 0 spiro atoms. The van der Waals surface area contributed by atoms with Crippen LogP contribution in [0.2, 0.25) is 0 Å². The molecule has 0 unspecified atom stereocenters. The molecule has 0 aliphatic rings. The molecule has 23 heavy (non-hydrogen) atoms. The van der Waals surface area contributed by atoms with Crippen LogP contribution in [0.25, 0.3) is 0 Å². The van der Waals surface area contributed by atoms with Crippen LogP contribution >= 0.6 is 0 Å². The van der Waals surface area contributed by atoms with E-state index < -0.39 is 33.3 Å². The van der Waals surface area contributed by atoms with Gasteiger partial charge in [-0.15, -0.1) is 0 Å². The van der Waals surface area contributed by atoms with E-state index in [0.29, 0.717) is 0 Å². The van der Waals surface area contributed by atoms with Gasteiger partial charge < -0.3 is 4.74 Å². The van der Waals surface area contributed by atoms with Gasteiger partial charge in [-0.05, 0) is 12.5 Å². The average molecular weight is 316 g/mol. The Labute approximate surface area is 130 Å². The molecule has 0 fully saturated rings. The Bertz CT molecular complexity index is 728. The van der Waals surface area contributed by atoms with E-state index in [-0.39, 0.29) is 5.56 Å². The number of nitro groups is 2. The maximum atomic E-state index is 12.1. The minimum absolute atomic E-state index is 0.242. The number of benzene rings is 2. The summed E-state index contributed by atoms with van der Waals surface area (Å²) in [6.07, 6.45) is -0.595. The third kappa shape index (κ3) is 3.88. The van der Waals surface area contributed by atoms with Crippen molar-refractivity contribution in [3.8, 4) is 0 Å². The van der Waals surface area contributed by atoms with Gasteiger partial charge in [-0.3, -0.25) is 20.2 Å². The molecule has 0 aliphatic heterocycles. The maximum Gasteiger partial charge on any atom is 0.339 e. The highest BCUT2D eigenvalue weighted by Gasteiger charge is 2.22. The zero-order valence-electron chi connectivity index (χ0n) is 12.0. The summed E-state index contributed by atoms with van der Waals surface area (Å²) in [7, 11) is 0. The molecule has 2 aromatic carbocycles. The van der Waals surface area contributed by atoms with Crippen molar-refractivity contribution >= 4 is 17.3 Å². The number of nitro benzene ring substituents is 2. The number of nitrogens with zero attached hydrogens (tertiary/aromatic N) is 2. The quantitative estimate of drug-likeness (QED) is 0.474. The van der Waals surface area contributed by atoms with Gasteiger partial charge >= 0.3 is 5.97 Å². The fourth-order valence-electron chi connectivity index (χ4n) is 1.94. The molecule has 0 N–H and O–H groups in total. The number of hydrogen-bond donors (Lipinski definition) is 0. The molecular formula is C15H12N2O6. The van der Waals surface area contributed by atoms with E-state index in [0.717, 1.165) is 23.8 Å². The first-order chi connectivity index (χ1) is 10.9. The molecule has 0 bridgehead atoms. The van der Waals surface area contributed by atoms with Gasteiger partial charge in [-0.25, -0.2) is 4.79 Å². The van der Waals surface area contributed by atoms with Gasteiger partial charge in [0.05, 0.1) is 21.5 Å². The molecule has 2 rings (SSSR count). The van der Waals surface area contributed by atoms with Crippen LogP contribution in [0.1, 0.15) is 28.9 Å². The third-order valence-electron chi connectivity index (χ3n) is 3.11. The Kier molecular flexibility index (Phi) is 4.65. The normalized spacial score (nSPS) is 11.5. The Morgan fingerprint density at radius 2 is 1.52 bits per heavy atom. The first kappa shape index (κ1) is 16.1. The molecule has 0 amide bonds. The number of carbonyl (C=O) groups is 1. The number of rotatable bonds is 5. The van der Waals surface area contributed by atoms with Crippen LogP contribution in [0.4, 0.5) is 11.4 Å². The predicted octanol–water partition coefficient (Wildman–Crippen LogP) is 3.42. The SMILES string of the molecule is C[C@@H](OC(=O)c1cc([N+](=O)[O-])cc([N+](=O)[O-])c1)c1ccccc1. The molecule has 1 atom stereocenters. The van der Waals surface area contributed by atoms with Crippen molar-refractivity contribution in [1.29, 1.82) is 0 Å². The van der Waals surface area contributed by atoms with Crippen molar-refractivity contribution < 1.29 is 19.4 Å². The van der Waals surface area contributed by atoms with E-state index in [1.807, 2.05) is 6.07 Å². The zero-order valence-corrected chi connectivity index (χ0v) is 12.0. The summed E-state index contributed by atoms with van der Waals surface area (Å²) >= 11 is 0. The van der Waals surface area contributed by atoms with Crippen molar-refractivity contribution in [3.05, 3.63) is 79.9 Å². The predicted molar refractivity (Wildman–Crippen MR) is 80.0 cm³/mol. The van der Waals surface area contributed by atoms with Gasteiger partial charge in [0.1, 0.15) is 6.10 Å². The summed E-state index contributed by atoms with van der Waals surface area (Å²) in [5, 5.41) is 21.7. The van der Waals surface area contributed by atoms with Crippen LogP contribution in [0.3, 0.4) is 0 Å². The van der Waals surface area contributed by atoms with E-state index in [4.69, 9.17) is 4.74 Å². The highest BCUT2D eigenvalue weighted by molar-refractivity contribution is 5.91. The van der Waals surface area contributed by atoms with Crippen LogP contribution in [0.15, 0.2) is 48.5 Å². The molecular weight excluding hydrogens is 304 g/mol. The van der Waals surface area contributed by atoms with E-state index in [1.54, 1.807) is 31.2 Å². The minimum Gasteiger partial charge on any atom is -0.454 e. The van der Waals surface area contributed by atoms with Gasteiger partial charge in [0, 0.05) is 12.1 Å². The van der Waals surface area contributed by atoms with Gasteiger partial charge in [0.15, 0.2) is 0 Å². The van der Waals surface area contributed by atoms with Gasteiger partial charge in [0.2, 0.25) is 0 Å². The topological polar surface area (TPSA) is 113 Å². The summed E-state index contributed by atoms with van der Waals surface area (Å²) in [6.45, 7) is 1.64. The first-order valence-electron chi connectivity index (χ1n) is 6.58. The third-order valence-corrected chi connectivity index (χ3v) is 3.11. The molecule has 0 heterocycles. The molecule has 0 saturated carbocycles. The Morgan fingerprint density at radius 3 is 2.00 bits per heavy atom. The molecule has 8 nitrogen and oxygen atoms in total. The van der Waals surface area contributed by atoms with Crippen LogP contribution < -0.4 is 0 Å². The Balaban J connectivity index is 2.28. The number of ether oxygens (including phenoxy) is 1. The van der Waals surface area contributed by atoms with E-state index in [2.05, 4.69) is 0 Å². The lowest BCUT2D eigenvalue weighted by Crippen LogP contribution is -2.10. The molecule has 0 radical (unpaired) electrons. The lowest BCUT2D eigenvalue weighted by Gasteiger charge is -2.13. The molecule has 118 valence electrons. The second-order valence-corrected chi connectivity index (χ2v) is 4.71. The number of esters is 1. The van der Waals surface area contributed by atoms with Crippen molar-refractivity contribution in [3.63, 3.8) is 0 Å². The highest BCUT2D eigenvalue weighted by Crippen LogP contribution is 2.25. The zero-order chi connectivity index (χ0) is 17.0. The Hall–Kier alpha value is -3.29. The fourth-order valence-corrected chi connectivity index (χ4v) is 1.94. The van der Waals surface area contributed by atoms with Crippen molar-refractivity contribution in [2.24, 2.45) is 0 Å². The largest absolute Gasteiger partial charge is 0.454 e. The molecule has 2 aromatic rings. The van der Waals surface area contributed by atoms with Gasteiger partial charge in [-0.1, -0.05) is 30.3 Å². The fraction of sp³-hybridized carbons (Fsp3) is 0.133. The second-order valence-electron chi connectivity index (χ2n) is 4.71. The van der Waals surface area contributed by atoms with Crippen molar-refractivity contribution in [2.75, 3.05) is 0 Å². The monoisotopic (exact) mass is 316 g/mol. The van der Waals surface area contributed by atoms with Crippen molar-refractivity contribution in [1.82, 2.24) is 0 Å². The summed E-state index contributed by atoms with van der Waals surface area (Å²) in [6, 6.07) is 11.6. The molecule has 8 heteroatoms. The summed E-state index contributed by atoms with van der Waals surface area (Å²) in [4.78, 5) is 32.2. The Morgan fingerprint density at radius 1 is 1.00 bits per heavy atom. The van der Waals surface area contributed by atoms with E-state index >= 15 is 0 Å². The molecule has 0 aromatic heterocycles. The summed E-state index contributed by atoms with van der Waals surface area (Å²) in [5.41, 5.74) is -0.591. The number of non-ortho nitro benzene ring substituents is 2. The average Bonchev–Trinajstić information content (AvgIpc) is 2.55. The summed E-state index contributed by atoms with van der Waals surface area (Å²) < 4.78 is 5.21. The highest BCUT2D eigenvalue weighted by atomic mass is 16.6. The van der Waals surface area contributed by atoms with E-state index in [9.17, 15) is 25.0 Å². The number of carbonyl (C=O) groups excluding carboxylic acids is 1. The van der Waals surface area contributed by atoms with Crippen LogP contribution in [-0.2, 0) is 4.74 Å². The van der Waals surface area contributed by atoms with Crippen LogP contribution in [0, 0.1) is 20.2 Å². The minimum atomic E-state index is -0.867. The van der Waals surface area contributed by atoms with Gasteiger partial charge in [0.25, 0.3) is 11.4 Å². The maximum absolute atomic E-state index is 12.1. The first-order valence-corrected chi connectivity index (χ1v) is 6.58.